The van der Waals surface area contributed by atoms with Crippen LogP contribution in [0.4, 0.5) is 5.69 Å². The van der Waals surface area contributed by atoms with Crippen LogP contribution >= 0.6 is 11.8 Å². The molecule has 7 heteroatoms. The fourth-order valence-corrected chi connectivity index (χ4v) is 4.46. The fourth-order valence-electron chi connectivity index (χ4n) is 3.70. The molecule has 0 bridgehead atoms. The van der Waals surface area contributed by atoms with E-state index in [1.165, 1.54) is 28.1 Å². The second-order valence-corrected chi connectivity index (χ2v) is 9.07. The Balaban J connectivity index is 1.42. The van der Waals surface area contributed by atoms with E-state index in [-0.39, 0.29) is 18.3 Å². The summed E-state index contributed by atoms with van der Waals surface area (Å²) in [5.41, 5.74) is 4.22. The van der Waals surface area contributed by atoms with Crippen LogP contribution in [0, 0.1) is 20.8 Å². The zero-order valence-electron chi connectivity index (χ0n) is 19.7. The van der Waals surface area contributed by atoms with Gasteiger partial charge in [0.05, 0.1) is 5.75 Å². The molecule has 3 aromatic carbocycles. The predicted octanol–water partition coefficient (Wildman–Crippen LogP) is 5.85. The van der Waals surface area contributed by atoms with E-state index in [9.17, 15) is 4.79 Å². The first-order valence-corrected chi connectivity index (χ1v) is 12.1. The molecule has 1 heterocycles. The Kier molecular flexibility index (Phi) is 7.33. The smallest absolute Gasteiger partial charge is 0.234 e. The lowest BCUT2D eigenvalue weighted by atomic mass is 10.0. The summed E-state index contributed by atoms with van der Waals surface area (Å²) in [6.45, 7) is 10.8. The maximum Gasteiger partial charge on any atom is 0.234 e. The van der Waals surface area contributed by atoms with Crippen LogP contribution < -0.4 is 10.1 Å². The van der Waals surface area contributed by atoms with E-state index in [2.05, 4.69) is 47.2 Å². The number of amides is 1. The van der Waals surface area contributed by atoms with E-state index >= 15 is 0 Å². The molecule has 0 radical (unpaired) electrons. The number of hydrogen-bond acceptors (Lipinski definition) is 5. The van der Waals surface area contributed by atoms with Crippen molar-refractivity contribution in [3.8, 4) is 5.75 Å². The summed E-state index contributed by atoms with van der Waals surface area (Å²) in [5, 5.41) is 14.6. The third kappa shape index (κ3) is 5.31. The summed E-state index contributed by atoms with van der Waals surface area (Å²) in [6.07, 6.45) is 1.79. The van der Waals surface area contributed by atoms with Crippen LogP contribution in [0.15, 0.2) is 72.4 Å². The van der Waals surface area contributed by atoms with Gasteiger partial charge in [0, 0.05) is 12.2 Å². The van der Waals surface area contributed by atoms with Crippen LogP contribution in [0.1, 0.15) is 22.5 Å². The minimum atomic E-state index is -0.0917. The number of thioether (sulfide) groups is 1. The van der Waals surface area contributed by atoms with E-state index in [1.54, 1.807) is 6.08 Å². The molecule has 4 aromatic rings. The van der Waals surface area contributed by atoms with Crippen LogP contribution in [0.25, 0.3) is 10.8 Å². The van der Waals surface area contributed by atoms with Gasteiger partial charge in [-0.15, -0.1) is 16.8 Å². The summed E-state index contributed by atoms with van der Waals surface area (Å²) in [5.74, 6) is 1.64. The average molecular weight is 473 g/mol. The molecule has 1 aromatic heterocycles. The predicted molar refractivity (Wildman–Crippen MR) is 139 cm³/mol. The molecule has 0 atom stereocenters. The van der Waals surface area contributed by atoms with Crippen LogP contribution in [-0.2, 0) is 17.9 Å². The molecule has 0 unspecified atom stereocenters. The maximum absolute atomic E-state index is 12.5. The van der Waals surface area contributed by atoms with Gasteiger partial charge in [0.25, 0.3) is 0 Å². The fraction of sp³-hybridized carbons (Fsp3) is 0.222. The molecule has 0 aliphatic rings. The highest BCUT2D eigenvalue weighted by atomic mass is 32.2. The molecule has 0 saturated carbocycles. The molecule has 0 saturated heterocycles. The minimum absolute atomic E-state index is 0.0917. The number of aryl methyl sites for hydroxylation is 3. The number of ether oxygens (including phenoxy) is 1. The lowest BCUT2D eigenvalue weighted by Crippen LogP contribution is -2.15. The molecule has 0 fully saturated rings. The van der Waals surface area contributed by atoms with Crippen molar-refractivity contribution in [3.05, 3.63) is 89.8 Å². The van der Waals surface area contributed by atoms with Gasteiger partial charge in [-0.3, -0.25) is 9.36 Å². The van der Waals surface area contributed by atoms with Crippen molar-refractivity contribution in [2.45, 2.75) is 39.1 Å². The van der Waals surface area contributed by atoms with Crippen molar-refractivity contribution in [2.75, 3.05) is 11.1 Å². The molecule has 0 spiro atoms. The summed E-state index contributed by atoms with van der Waals surface area (Å²) in [4.78, 5) is 12.5. The molecule has 0 aliphatic heterocycles. The minimum Gasteiger partial charge on any atom is -0.485 e. The quantitative estimate of drug-likeness (QED) is 0.244. The van der Waals surface area contributed by atoms with Crippen molar-refractivity contribution in [1.29, 1.82) is 0 Å². The van der Waals surface area contributed by atoms with Gasteiger partial charge in [-0.25, -0.2) is 0 Å². The van der Waals surface area contributed by atoms with Crippen molar-refractivity contribution in [2.24, 2.45) is 0 Å². The van der Waals surface area contributed by atoms with E-state index in [4.69, 9.17) is 4.74 Å². The van der Waals surface area contributed by atoms with Gasteiger partial charge in [0.2, 0.25) is 5.91 Å². The van der Waals surface area contributed by atoms with Gasteiger partial charge < -0.3 is 10.1 Å². The molecule has 0 aliphatic carbocycles. The average Bonchev–Trinajstić information content (AvgIpc) is 3.21. The molecule has 1 N–H and O–H groups in total. The van der Waals surface area contributed by atoms with Gasteiger partial charge in [0.15, 0.2) is 11.0 Å². The van der Waals surface area contributed by atoms with Gasteiger partial charge in [-0.1, -0.05) is 54.2 Å². The van der Waals surface area contributed by atoms with Gasteiger partial charge in [-0.05, 0) is 66.4 Å². The van der Waals surface area contributed by atoms with Crippen molar-refractivity contribution in [1.82, 2.24) is 14.8 Å². The van der Waals surface area contributed by atoms with E-state index in [1.807, 2.05) is 54.8 Å². The first-order chi connectivity index (χ1) is 16.5. The monoisotopic (exact) mass is 472 g/mol. The van der Waals surface area contributed by atoms with E-state index in [0.717, 1.165) is 22.6 Å². The number of allylic oxidation sites excluding steroid dienone is 1. The molecule has 1 amide bonds. The Morgan fingerprint density at radius 2 is 1.91 bits per heavy atom. The lowest BCUT2D eigenvalue weighted by molar-refractivity contribution is -0.113. The number of nitrogens with zero attached hydrogens (tertiary/aromatic N) is 3. The van der Waals surface area contributed by atoms with E-state index < -0.39 is 0 Å². The van der Waals surface area contributed by atoms with Crippen molar-refractivity contribution < 1.29 is 9.53 Å². The Hall–Kier alpha value is -3.58. The number of rotatable bonds is 9. The normalized spacial score (nSPS) is 10.9. The second kappa shape index (κ2) is 10.6. The number of benzene rings is 3. The molecular formula is C27H28N4O2S. The molecular weight excluding hydrogens is 444 g/mol. The summed E-state index contributed by atoms with van der Waals surface area (Å²) < 4.78 is 8.04. The third-order valence-electron chi connectivity index (χ3n) is 5.73. The topological polar surface area (TPSA) is 69.0 Å². The second-order valence-electron chi connectivity index (χ2n) is 8.13. The highest BCUT2D eigenvalue weighted by Crippen LogP contribution is 2.28. The molecule has 174 valence electrons. The van der Waals surface area contributed by atoms with Crippen molar-refractivity contribution in [3.63, 3.8) is 0 Å². The summed E-state index contributed by atoms with van der Waals surface area (Å²) >= 11 is 1.34. The lowest BCUT2D eigenvalue weighted by Gasteiger charge is -2.12. The van der Waals surface area contributed by atoms with Crippen molar-refractivity contribution >= 4 is 34.1 Å². The highest BCUT2D eigenvalue weighted by Gasteiger charge is 2.15. The highest BCUT2D eigenvalue weighted by molar-refractivity contribution is 7.99. The van der Waals surface area contributed by atoms with Gasteiger partial charge in [0.1, 0.15) is 12.4 Å². The number of nitrogens with one attached hydrogen (secondary N) is 1. The third-order valence-corrected chi connectivity index (χ3v) is 6.70. The van der Waals surface area contributed by atoms with Gasteiger partial charge in [-0.2, -0.15) is 0 Å². The number of anilines is 1. The Morgan fingerprint density at radius 1 is 1.09 bits per heavy atom. The SMILES string of the molecule is C=CCn1c(COc2ccc3ccccc3c2C)nnc1SCC(=O)Nc1ccc(C)c(C)c1. The Labute approximate surface area is 204 Å². The number of carbonyl (C=O) groups is 1. The Bertz CT molecular complexity index is 1350. The molecule has 6 nitrogen and oxygen atoms in total. The number of aromatic nitrogens is 3. The standard InChI is InChI=1S/C27H28N4O2S/c1-5-14-31-25(16-33-24-13-11-21-8-6-7-9-23(21)20(24)4)29-30-27(31)34-17-26(32)28-22-12-10-18(2)19(3)15-22/h5-13,15H,1,14,16-17H2,2-4H3,(H,28,32). The largest absolute Gasteiger partial charge is 0.485 e. The summed E-state index contributed by atoms with van der Waals surface area (Å²) in [6, 6.07) is 18.2. The molecule has 34 heavy (non-hydrogen) atoms. The van der Waals surface area contributed by atoms with Crippen LogP contribution in [0.2, 0.25) is 0 Å². The Morgan fingerprint density at radius 3 is 2.71 bits per heavy atom. The van der Waals surface area contributed by atoms with Crippen LogP contribution in [0.5, 0.6) is 5.75 Å². The first kappa shape index (κ1) is 23.6. The molecule has 4 rings (SSSR count). The number of fused-ring (bicyclic) bond motifs is 1. The van der Waals surface area contributed by atoms with E-state index in [0.29, 0.717) is 17.5 Å². The number of hydrogen-bond donors (Lipinski definition) is 1. The maximum atomic E-state index is 12.5. The first-order valence-electron chi connectivity index (χ1n) is 11.1. The van der Waals surface area contributed by atoms with Crippen LogP contribution in [-0.4, -0.2) is 26.4 Å². The summed E-state index contributed by atoms with van der Waals surface area (Å²) in [7, 11) is 0. The van der Waals surface area contributed by atoms with Gasteiger partial charge >= 0.3 is 0 Å². The number of carbonyl (C=O) groups excluding carboxylic acids is 1. The zero-order chi connectivity index (χ0) is 24.1. The van der Waals surface area contributed by atoms with Crippen LogP contribution in [0.3, 0.4) is 0 Å². The zero-order valence-corrected chi connectivity index (χ0v) is 20.5.